The zero-order chi connectivity index (χ0) is 12.3. The molecule has 0 spiro atoms. The molecule has 0 aliphatic rings. The summed E-state index contributed by atoms with van der Waals surface area (Å²) in [6, 6.07) is 7.71. The number of likely N-dealkylation sites (N-methyl/N-ethyl adjacent to an activating group) is 1. The first-order chi connectivity index (χ1) is 8.20. The van der Waals surface area contributed by atoms with E-state index in [-0.39, 0.29) is 6.04 Å². The molecule has 1 atom stereocenters. The average Bonchev–Trinajstić information content (AvgIpc) is 2.81. The number of nitrogens with one attached hydrogen (secondary N) is 1. The van der Waals surface area contributed by atoms with Crippen molar-refractivity contribution in [2.45, 2.75) is 12.5 Å². The van der Waals surface area contributed by atoms with Gasteiger partial charge in [-0.2, -0.15) is 0 Å². The first-order valence-corrected chi connectivity index (χ1v) is 6.09. The van der Waals surface area contributed by atoms with E-state index >= 15 is 0 Å². The van der Waals surface area contributed by atoms with Crippen LogP contribution >= 0.6 is 23.2 Å². The van der Waals surface area contributed by atoms with Gasteiger partial charge in [0.25, 0.3) is 0 Å². The van der Waals surface area contributed by atoms with Gasteiger partial charge in [-0.1, -0.05) is 29.3 Å². The Hall–Kier alpha value is -0.960. The van der Waals surface area contributed by atoms with Gasteiger partial charge in [0.05, 0.1) is 12.5 Å². The van der Waals surface area contributed by atoms with Gasteiger partial charge in [-0.05, 0) is 37.2 Å². The summed E-state index contributed by atoms with van der Waals surface area (Å²) in [5, 5.41) is 4.59. The fraction of sp³-hybridized carbons (Fsp3) is 0.231. The predicted octanol–water partition coefficient (Wildman–Crippen LogP) is 4.09. The summed E-state index contributed by atoms with van der Waals surface area (Å²) in [6.45, 7) is 0. The highest BCUT2D eigenvalue weighted by atomic mass is 35.5. The summed E-state index contributed by atoms with van der Waals surface area (Å²) >= 11 is 12.0. The highest BCUT2D eigenvalue weighted by Crippen LogP contribution is 2.26. The van der Waals surface area contributed by atoms with Gasteiger partial charge in [0.15, 0.2) is 0 Å². The van der Waals surface area contributed by atoms with Gasteiger partial charge >= 0.3 is 0 Å². The van der Waals surface area contributed by atoms with Gasteiger partial charge < -0.3 is 9.73 Å². The second kappa shape index (κ2) is 5.58. The van der Waals surface area contributed by atoms with Crippen LogP contribution in [0.4, 0.5) is 0 Å². The molecular weight excluding hydrogens is 257 g/mol. The lowest BCUT2D eigenvalue weighted by molar-refractivity contribution is 0.542. The van der Waals surface area contributed by atoms with Gasteiger partial charge in [-0.25, -0.2) is 0 Å². The van der Waals surface area contributed by atoms with Crippen molar-refractivity contribution in [3.8, 4) is 0 Å². The lowest BCUT2D eigenvalue weighted by Crippen LogP contribution is -2.18. The molecule has 2 rings (SSSR count). The Balaban J connectivity index is 2.19. The van der Waals surface area contributed by atoms with E-state index in [2.05, 4.69) is 5.32 Å². The maximum absolute atomic E-state index is 6.16. The average molecular weight is 270 g/mol. The highest BCUT2D eigenvalue weighted by Gasteiger charge is 2.13. The molecule has 0 fully saturated rings. The monoisotopic (exact) mass is 269 g/mol. The summed E-state index contributed by atoms with van der Waals surface area (Å²) in [7, 11) is 1.92. The summed E-state index contributed by atoms with van der Waals surface area (Å²) in [4.78, 5) is 0. The van der Waals surface area contributed by atoms with Crippen molar-refractivity contribution in [3.63, 3.8) is 0 Å². The van der Waals surface area contributed by atoms with Crippen molar-refractivity contribution in [1.82, 2.24) is 5.32 Å². The molecule has 1 N–H and O–H groups in total. The number of rotatable bonds is 4. The topological polar surface area (TPSA) is 25.2 Å². The largest absolute Gasteiger partial charge is 0.472 e. The van der Waals surface area contributed by atoms with Crippen LogP contribution in [-0.2, 0) is 6.42 Å². The molecule has 0 saturated heterocycles. The van der Waals surface area contributed by atoms with Gasteiger partial charge in [0.1, 0.15) is 0 Å². The lowest BCUT2D eigenvalue weighted by atomic mass is 10.0. The molecule has 1 aromatic heterocycles. The Morgan fingerprint density at radius 1 is 1.29 bits per heavy atom. The summed E-state index contributed by atoms with van der Waals surface area (Å²) in [5.74, 6) is 0. The zero-order valence-electron chi connectivity index (χ0n) is 9.41. The number of benzene rings is 1. The molecule has 2 aromatic rings. The molecular formula is C13H13Cl2NO. The van der Waals surface area contributed by atoms with Crippen LogP contribution in [0, 0.1) is 0 Å². The zero-order valence-corrected chi connectivity index (χ0v) is 10.9. The fourth-order valence-corrected chi connectivity index (χ4v) is 2.25. The Kier molecular flexibility index (Phi) is 4.11. The number of halogens is 2. The van der Waals surface area contributed by atoms with Crippen molar-refractivity contribution < 1.29 is 4.42 Å². The van der Waals surface area contributed by atoms with Crippen LogP contribution in [0.3, 0.4) is 0 Å². The molecule has 1 aromatic carbocycles. The number of hydrogen-bond donors (Lipinski definition) is 1. The molecule has 1 heterocycles. The third-order valence-corrected chi connectivity index (χ3v) is 3.32. The van der Waals surface area contributed by atoms with Crippen LogP contribution in [0.15, 0.2) is 41.2 Å². The molecule has 0 radical (unpaired) electrons. The molecule has 0 aliphatic carbocycles. The van der Waals surface area contributed by atoms with E-state index in [1.54, 1.807) is 18.6 Å². The number of hydrogen-bond acceptors (Lipinski definition) is 2. The summed E-state index contributed by atoms with van der Waals surface area (Å²) in [6.07, 6.45) is 4.21. The minimum Gasteiger partial charge on any atom is -0.472 e. The third-order valence-electron chi connectivity index (χ3n) is 2.73. The van der Waals surface area contributed by atoms with Crippen LogP contribution < -0.4 is 5.32 Å². The van der Waals surface area contributed by atoms with Crippen LogP contribution in [0.5, 0.6) is 0 Å². The molecule has 90 valence electrons. The molecule has 0 bridgehead atoms. The quantitative estimate of drug-likeness (QED) is 0.905. The van der Waals surface area contributed by atoms with E-state index in [0.717, 1.165) is 17.5 Å². The standard InChI is InChI=1S/C13H13Cl2NO/c1-16-13(10-4-5-17-8-10)6-9-2-3-11(14)7-12(9)15/h2-5,7-8,13,16H,6H2,1H3. The van der Waals surface area contributed by atoms with Crippen LogP contribution in [0.1, 0.15) is 17.2 Å². The summed E-state index contributed by atoms with van der Waals surface area (Å²) < 4.78 is 5.09. The van der Waals surface area contributed by atoms with Crippen LogP contribution in [0.2, 0.25) is 10.0 Å². The van der Waals surface area contributed by atoms with E-state index < -0.39 is 0 Å². The van der Waals surface area contributed by atoms with Gasteiger partial charge in [-0.15, -0.1) is 0 Å². The van der Waals surface area contributed by atoms with Gasteiger partial charge in [0, 0.05) is 21.7 Å². The highest BCUT2D eigenvalue weighted by molar-refractivity contribution is 6.35. The molecule has 2 nitrogen and oxygen atoms in total. The first-order valence-electron chi connectivity index (χ1n) is 5.34. The lowest BCUT2D eigenvalue weighted by Gasteiger charge is -2.15. The molecule has 4 heteroatoms. The van der Waals surface area contributed by atoms with Crippen molar-refractivity contribution in [2.24, 2.45) is 0 Å². The van der Waals surface area contributed by atoms with Crippen molar-refractivity contribution >= 4 is 23.2 Å². The smallest absolute Gasteiger partial charge is 0.0950 e. The van der Waals surface area contributed by atoms with Crippen molar-refractivity contribution in [1.29, 1.82) is 0 Å². The van der Waals surface area contributed by atoms with E-state index in [0.29, 0.717) is 10.0 Å². The maximum atomic E-state index is 6.16. The fourth-order valence-electron chi connectivity index (χ4n) is 1.77. The molecule has 17 heavy (non-hydrogen) atoms. The van der Waals surface area contributed by atoms with E-state index in [4.69, 9.17) is 27.6 Å². The molecule has 0 amide bonds. The van der Waals surface area contributed by atoms with E-state index in [1.807, 2.05) is 25.2 Å². The third kappa shape index (κ3) is 3.03. The SMILES string of the molecule is CNC(Cc1ccc(Cl)cc1Cl)c1ccoc1. The minimum atomic E-state index is 0.187. The summed E-state index contributed by atoms with van der Waals surface area (Å²) in [5.41, 5.74) is 2.18. The number of furan rings is 1. The molecule has 0 saturated carbocycles. The second-order valence-corrected chi connectivity index (χ2v) is 4.68. The molecule has 0 aliphatic heterocycles. The van der Waals surface area contributed by atoms with Crippen molar-refractivity contribution in [2.75, 3.05) is 7.05 Å². The first kappa shape index (κ1) is 12.5. The van der Waals surface area contributed by atoms with Crippen LogP contribution in [0.25, 0.3) is 0 Å². The maximum Gasteiger partial charge on any atom is 0.0950 e. The Morgan fingerprint density at radius 2 is 2.12 bits per heavy atom. The Labute approximate surface area is 111 Å². The van der Waals surface area contributed by atoms with Crippen LogP contribution in [-0.4, -0.2) is 7.05 Å². The van der Waals surface area contributed by atoms with E-state index in [9.17, 15) is 0 Å². The minimum absolute atomic E-state index is 0.187. The normalized spacial score (nSPS) is 12.6. The predicted molar refractivity (Wildman–Crippen MR) is 70.7 cm³/mol. The second-order valence-electron chi connectivity index (χ2n) is 3.84. The molecule has 1 unspecified atom stereocenters. The Morgan fingerprint density at radius 3 is 2.71 bits per heavy atom. The van der Waals surface area contributed by atoms with E-state index in [1.165, 1.54) is 0 Å². The Bertz CT molecular complexity index is 482. The van der Waals surface area contributed by atoms with Gasteiger partial charge in [0.2, 0.25) is 0 Å². The van der Waals surface area contributed by atoms with Gasteiger partial charge in [-0.3, -0.25) is 0 Å². The van der Waals surface area contributed by atoms with Crippen molar-refractivity contribution in [3.05, 3.63) is 58.0 Å².